The molecular formula is C19H23F3N4O2. The van der Waals surface area contributed by atoms with Crippen LogP contribution < -0.4 is 10.5 Å². The Morgan fingerprint density at radius 2 is 2.00 bits per heavy atom. The molecule has 3 rings (SSSR count). The molecule has 0 spiro atoms. The first-order valence-corrected chi connectivity index (χ1v) is 9.14. The van der Waals surface area contributed by atoms with Gasteiger partial charge in [0.2, 0.25) is 5.95 Å². The normalized spacial score (nSPS) is 15.0. The SMILES string of the molecule is CCc1c(C)nc2n(c1=O)CN(CCCO)CN2c1cccc(C(F)(F)F)c1. The van der Waals surface area contributed by atoms with Crippen LogP contribution >= 0.6 is 0 Å². The largest absolute Gasteiger partial charge is 0.416 e. The van der Waals surface area contributed by atoms with E-state index < -0.39 is 11.7 Å². The lowest BCUT2D eigenvalue weighted by atomic mass is 10.1. The third-order valence-corrected chi connectivity index (χ3v) is 4.84. The Morgan fingerprint density at radius 3 is 2.64 bits per heavy atom. The maximum atomic E-state index is 13.2. The van der Waals surface area contributed by atoms with E-state index in [1.54, 1.807) is 17.9 Å². The van der Waals surface area contributed by atoms with E-state index in [-0.39, 0.29) is 25.5 Å². The number of aryl methyl sites for hydroxylation is 1. The van der Waals surface area contributed by atoms with Crippen molar-refractivity contribution >= 4 is 11.6 Å². The van der Waals surface area contributed by atoms with Gasteiger partial charge in [-0.15, -0.1) is 0 Å². The van der Waals surface area contributed by atoms with E-state index in [9.17, 15) is 18.0 Å². The van der Waals surface area contributed by atoms with Crippen molar-refractivity contribution in [3.05, 3.63) is 51.4 Å². The topological polar surface area (TPSA) is 61.6 Å². The molecule has 2 heterocycles. The summed E-state index contributed by atoms with van der Waals surface area (Å²) in [5.41, 5.74) is 0.549. The summed E-state index contributed by atoms with van der Waals surface area (Å²) in [6, 6.07) is 5.00. The molecule has 6 nitrogen and oxygen atoms in total. The lowest BCUT2D eigenvalue weighted by Crippen LogP contribution is -2.48. The van der Waals surface area contributed by atoms with Crippen molar-refractivity contribution in [2.75, 3.05) is 24.7 Å². The van der Waals surface area contributed by atoms with E-state index in [4.69, 9.17) is 5.11 Å². The molecule has 0 saturated carbocycles. The van der Waals surface area contributed by atoms with Crippen molar-refractivity contribution in [1.82, 2.24) is 14.5 Å². The monoisotopic (exact) mass is 396 g/mol. The van der Waals surface area contributed by atoms with E-state index in [1.807, 2.05) is 11.8 Å². The van der Waals surface area contributed by atoms with E-state index in [2.05, 4.69) is 4.98 Å². The second-order valence-electron chi connectivity index (χ2n) is 6.79. The maximum absolute atomic E-state index is 13.2. The van der Waals surface area contributed by atoms with Crippen molar-refractivity contribution in [2.45, 2.75) is 39.5 Å². The number of benzene rings is 1. The third-order valence-electron chi connectivity index (χ3n) is 4.84. The van der Waals surface area contributed by atoms with E-state index in [1.165, 1.54) is 10.6 Å². The minimum atomic E-state index is -4.46. The number of halogens is 3. The van der Waals surface area contributed by atoms with Gasteiger partial charge in [-0.25, -0.2) is 4.98 Å². The zero-order chi connectivity index (χ0) is 20.5. The lowest BCUT2D eigenvalue weighted by molar-refractivity contribution is -0.137. The smallest absolute Gasteiger partial charge is 0.396 e. The molecule has 1 aromatic heterocycles. The number of nitrogens with zero attached hydrogens (tertiary/aromatic N) is 4. The molecule has 28 heavy (non-hydrogen) atoms. The molecule has 0 bridgehead atoms. The van der Waals surface area contributed by atoms with Gasteiger partial charge >= 0.3 is 6.18 Å². The number of alkyl halides is 3. The van der Waals surface area contributed by atoms with Gasteiger partial charge in [0.15, 0.2) is 0 Å². The molecule has 0 radical (unpaired) electrons. The van der Waals surface area contributed by atoms with Crippen LogP contribution in [0.5, 0.6) is 0 Å². The van der Waals surface area contributed by atoms with Gasteiger partial charge in [-0.2, -0.15) is 13.2 Å². The summed E-state index contributed by atoms with van der Waals surface area (Å²) >= 11 is 0. The van der Waals surface area contributed by atoms with Gasteiger partial charge in [-0.3, -0.25) is 19.2 Å². The number of fused-ring (bicyclic) bond motifs is 1. The molecule has 0 atom stereocenters. The second-order valence-corrected chi connectivity index (χ2v) is 6.79. The van der Waals surface area contributed by atoms with Crippen molar-refractivity contribution in [2.24, 2.45) is 0 Å². The van der Waals surface area contributed by atoms with Crippen LogP contribution in [0.2, 0.25) is 0 Å². The number of aliphatic hydroxyl groups excluding tert-OH is 1. The van der Waals surface area contributed by atoms with Crippen LogP contribution in [0, 0.1) is 6.92 Å². The average Bonchev–Trinajstić information content (AvgIpc) is 2.66. The minimum absolute atomic E-state index is 0.00578. The summed E-state index contributed by atoms with van der Waals surface area (Å²) in [7, 11) is 0. The van der Waals surface area contributed by atoms with Gasteiger partial charge in [0.1, 0.15) is 0 Å². The van der Waals surface area contributed by atoms with Gasteiger partial charge in [0, 0.05) is 30.1 Å². The molecule has 0 amide bonds. The van der Waals surface area contributed by atoms with Crippen LogP contribution in [0.3, 0.4) is 0 Å². The fraction of sp³-hybridized carbons (Fsp3) is 0.474. The summed E-state index contributed by atoms with van der Waals surface area (Å²) < 4.78 is 41.0. The fourth-order valence-corrected chi connectivity index (χ4v) is 3.42. The zero-order valence-electron chi connectivity index (χ0n) is 15.8. The zero-order valence-corrected chi connectivity index (χ0v) is 15.8. The summed E-state index contributed by atoms with van der Waals surface area (Å²) in [5, 5.41) is 9.13. The van der Waals surface area contributed by atoms with E-state index in [0.29, 0.717) is 42.3 Å². The Morgan fingerprint density at radius 1 is 1.25 bits per heavy atom. The number of hydrogen-bond donors (Lipinski definition) is 1. The standard InChI is InChI=1S/C19H23F3N4O2/c1-3-16-13(2)23-18-25(15-7-4-6-14(10-15)19(20,21)22)11-24(8-5-9-27)12-26(18)17(16)28/h4,6-7,10,27H,3,5,8-9,11-12H2,1-2H3. The number of aromatic nitrogens is 2. The van der Waals surface area contributed by atoms with Crippen molar-refractivity contribution in [3.63, 3.8) is 0 Å². The van der Waals surface area contributed by atoms with E-state index >= 15 is 0 Å². The molecule has 1 N–H and O–H groups in total. The molecule has 1 aliphatic rings. The molecule has 2 aromatic rings. The lowest BCUT2D eigenvalue weighted by Gasteiger charge is -2.38. The Bertz CT molecular complexity index is 911. The summed E-state index contributed by atoms with van der Waals surface area (Å²) in [5.74, 6) is 0.333. The Kier molecular flexibility index (Phi) is 5.76. The number of anilines is 2. The average molecular weight is 396 g/mol. The summed E-state index contributed by atoms with van der Waals surface area (Å²) in [4.78, 5) is 21.0. The van der Waals surface area contributed by atoms with Crippen molar-refractivity contribution in [1.29, 1.82) is 0 Å². The van der Waals surface area contributed by atoms with Crippen LogP contribution in [0.15, 0.2) is 29.1 Å². The number of rotatable bonds is 5. The first-order valence-electron chi connectivity index (χ1n) is 9.14. The fourth-order valence-electron chi connectivity index (χ4n) is 3.42. The quantitative estimate of drug-likeness (QED) is 0.842. The summed E-state index contributed by atoms with van der Waals surface area (Å²) in [6.07, 6.45) is -3.43. The molecule has 152 valence electrons. The molecular weight excluding hydrogens is 373 g/mol. The van der Waals surface area contributed by atoms with Gasteiger partial charge in [-0.1, -0.05) is 13.0 Å². The first kappa shape index (κ1) is 20.3. The highest BCUT2D eigenvalue weighted by atomic mass is 19.4. The molecule has 0 aliphatic carbocycles. The van der Waals surface area contributed by atoms with Crippen molar-refractivity contribution < 1.29 is 18.3 Å². The number of hydrogen-bond acceptors (Lipinski definition) is 5. The Balaban J connectivity index is 2.12. The van der Waals surface area contributed by atoms with Crippen LogP contribution in [-0.4, -0.2) is 39.4 Å². The highest BCUT2D eigenvalue weighted by molar-refractivity contribution is 5.59. The number of aliphatic hydroxyl groups is 1. The Labute approximate surface area is 160 Å². The summed E-state index contributed by atoms with van der Waals surface area (Å²) in [6.45, 7) is 4.67. The molecule has 1 aromatic carbocycles. The van der Waals surface area contributed by atoms with Crippen LogP contribution in [0.4, 0.5) is 24.8 Å². The van der Waals surface area contributed by atoms with Crippen LogP contribution in [0.1, 0.15) is 30.2 Å². The highest BCUT2D eigenvalue weighted by Gasteiger charge is 2.32. The molecule has 0 fully saturated rings. The predicted octanol–water partition coefficient (Wildman–Crippen LogP) is 2.88. The van der Waals surface area contributed by atoms with Gasteiger partial charge in [-0.05, 0) is 38.0 Å². The minimum Gasteiger partial charge on any atom is -0.396 e. The molecule has 9 heteroatoms. The Hall–Kier alpha value is -2.39. The van der Waals surface area contributed by atoms with E-state index in [0.717, 1.165) is 12.1 Å². The third kappa shape index (κ3) is 3.90. The highest BCUT2D eigenvalue weighted by Crippen LogP contribution is 2.34. The molecule has 0 saturated heterocycles. The van der Waals surface area contributed by atoms with Crippen LogP contribution in [0.25, 0.3) is 0 Å². The first-order chi connectivity index (χ1) is 13.3. The predicted molar refractivity (Wildman–Crippen MR) is 99.5 cm³/mol. The van der Waals surface area contributed by atoms with Gasteiger partial charge < -0.3 is 5.11 Å². The van der Waals surface area contributed by atoms with Gasteiger partial charge in [0.05, 0.1) is 18.9 Å². The van der Waals surface area contributed by atoms with Gasteiger partial charge in [0.25, 0.3) is 5.56 Å². The van der Waals surface area contributed by atoms with Crippen molar-refractivity contribution in [3.8, 4) is 0 Å². The molecule has 0 unspecified atom stereocenters. The second kappa shape index (κ2) is 7.92. The van der Waals surface area contributed by atoms with Crippen LogP contribution in [-0.2, 0) is 19.3 Å². The molecule has 1 aliphatic heterocycles. The maximum Gasteiger partial charge on any atom is 0.416 e.